The van der Waals surface area contributed by atoms with Crippen LogP contribution in [-0.2, 0) is 20.9 Å². The third-order valence-electron chi connectivity index (χ3n) is 4.42. The summed E-state index contributed by atoms with van der Waals surface area (Å²) in [5.74, 6) is 0.128. The molecular weight excluding hydrogens is 342 g/mol. The normalized spacial score (nSPS) is 15.3. The third kappa shape index (κ3) is 7.02. The van der Waals surface area contributed by atoms with Gasteiger partial charge in [-0.25, -0.2) is 0 Å². The van der Waals surface area contributed by atoms with Gasteiger partial charge < -0.3 is 21.1 Å². The van der Waals surface area contributed by atoms with Gasteiger partial charge >= 0.3 is 0 Å². The first-order chi connectivity index (χ1) is 11.6. The standard InChI is InChI=1S/C18H27N3O3.ClH/c1-24-16(11-19)10-17(22)20-12-13-5-4-8-15(9-13)21-18(23)14-6-2-3-7-14;/h4-5,8-9,14,16H,2-3,6-7,10-12,19H2,1H3,(H,20,22)(H,21,23);1H. The Labute approximate surface area is 155 Å². The minimum Gasteiger partial charge on any atom is -0.380 e. The molecule has 0 heterocycles. The predicted octanol–water partition coefficient (Wildman–Crippen LogP) is 2.22. The Balaban J connectivity index is 0.00000312. The molecule has 0 aromatic heterocycles. The average Bonchev–Trinajstić information content (AvgIpc) is 3.13. The van der Waals surface area contributed by atoms with Gasteiger partial charge in [0.05, 0.1) is 12.5 Å². The summed E-state index contributed by atoms with van der Waals surface area (Å²) in [4.78, 5) is 24.0. The molecule has 7 heteroatoms. The number of carbonyl (C=O) groups is 2. The van der Waals surface area contributed by atoms with Crippen molar-refractivity contribution in [3.63, 3.8) is 0 Å². The minimum atomic E-state index is -0.262. The molecule has 2 amide bonds. The molecule has 6 nitrogen and oxygen atoms in total. The molecule has 1 fully saturated rings. The molecule has 1 unspecified atom stereocenters. The largest absolute Gasteiger partial charge is 0.380 e. The van der Waals surface area contributed by atoms with Gasteiger partial charge in [-0.2, -0.15) is 0 Å². The van der Waals surface area contributed by atoms with Crippen LogP contribution in [-0.4, -0.2) is 31.6 Å². The fourth-order valence-electron chi connectivity index (χ4n) is 2.93. The number of benzene rings is 1. The van der Waals surface area contributed by atoms with Crippen LogP contribution in [0.1, 0.15) is 37.7 Å². The molecule has 0 aliphatic heterocycles. The van der Waals surface area contributed by atoms with E-state index in [1.807, 2.05) is 24.3 Å². The Morgan fingerprint density at radius 2 is 2.04 bits per heavy atom. The molecule has 1 atom stereocenters. The number of hydrogen-bond acceptors (Lipinski definition) is 4. The van der Waals surface area contributed by atoms with E-state index in [0.717, 1.165) is 36.9 Å². The summed E-state index contributed by atoms with van der Waals surface area (Å²) in [7, 11) is 1.54. The van der Waals surface area contributed by atoms with E-state index in [1.54, 1.807) is 7.11 Å². The lowest BCUT2D eigenvalue weighted by Gasteiger charge is -2.13. The minimum absolute atomic E-state index is 0. The molecule has 1 aromatic rings. The van der Waals surface area contributed by atoms with Gasteiger partial charge in [0.15, 0.2) is 0 Å². The smallest absolute Gasteiger partial charge is 0.227 e. The second kappa shape index (κ2) is 11.1. The monoisotopic (exact) mass is 369 g/mol. The van der Waals surface area contributed by atoms with E-state index in [4.69, 9.17) is 10.5 Å². The van der Waals surface area contributed by atoms with Gasteiger partial charge in [-0.15, -0.1) is 12.4 Å². The molecule has 2 rings (SSSR count). The second-order valence-electron chi connectivity index (χ2n) is 6.25. The maximum atomic E-state index is 12.2. The molecule has 1 aliphatic carbocycles. The number of halogens is 1. The molecule has 4 N–H and O–H groups in total. The van der Waals surface area contributed by atoms with Crippen LogP contribution in [0.3, 0.4) is 0 Å². The van der Waals surface area contributed by atoms with Crippen molar-refractivity contribution in [2.75, 3.05) is 19.0 Å². The number of rotatable bonds is 8. The maximum absolute atomic E-state index is 12.2. The van der Waals surface area contributed by atoms with Gasteiger partial charge in [0, 0.05) is 31.8 Å². The Morgan fingerprint density at radius 1 is 1.32 bits per heavy atom. The van der Waals surface area contributed by atoms with Crippen LogP contribution in [0.5, 0.6) is 0 Å². The highest BCUT2D eigenvalue weighted by Gasteiger charge is 2.22. The van der Waals surface area contributed by atoms with Crippen molar-refractivity contribution in [2.45, 2.75) is 44.8 Å². The summed E-state index contributed by atoms with van der Waals surface area (Å²) in [6.45, 7) is 0.722. The zero-order valence-corrected chi connectivity index (χ0v) is 15.4. The van der Waals surface area contributed by atoms with E-state index in [9.17, 15) is 9.59 Å². The quantitative estimate of drug-likeness (QED) is 0.655. The third-order valence-corrected chi connectivity index (χ3v) is 4.42. The first-order valence-electron chi connectivity index (χ1n) is 8.51. The zero-order chi connectivity index (χ0) is 17.4. The molecular formula is C18H28ClN3O3. The SMILES string of the molecule is COC(CN)CC(=O)NCc1cccc(NC(=O)C2CCCC2)c1.Cl. The van der Waals surface area contributed by atoms with Crippen LogP contribution in [0.25, 0.3) is 0 Å². The first-order valence-corrected chi connectivity index (χ1v) is 8.51. The summed E-state index contributed by atoms with van der Waals surface area (Å²) in [5.41, 5.74) is 7.22. The highest BCUT2D eigenvalue weighted by atomic mass is 35.5. The Bertz CT molecular complexity index is 558. The number of anilines is 1. The van der Waals surface area contributed by atoms with E-state index in [2.05, 4.69) is 10.6 Å². The lowest BCUT2D eigenvalue weighted by molar-refractivity contribution is -0.123. The number of amides is 2. The van der Waals surface area contributed by atoms with Crippen molar-refractivity contribution in [3.05, 3.63) is 29.8 Å². The summed E-state index contributed by atoms with van der Waals surface area (Å²) in [6, 6.07) is 7.56. The molecule has 140 valence electrons. The van der Waals surface area contributed by atoms with Crippen molar-refractivity contribution in [1.82, 2.24) is 5.32 Å². The summed E-state index contributed by atoms with van der Waals surface area (Å²) < 4.78 is 5.10. The summed E-state index contributed by atoms with van der Waals surface area (Å²) in [6.07, 6.45) is 4.20. The highest BCUT2D eigenvalue weighted by molar-refractivity contribution is 5.92. The van der Waals surface area contributed by atoms with E-state index < -0.39 is 0 Å². The van der Waals surface area contributed by atoms with Crippen LogP contribution < -0.4 is 16.4 Å². The average molecular weight is 370 g/mol. The zero-order valence-electron chi connectivity index (χ0n) is 14.6. The van der Waals surface area contributed by atoms with Crippen LogP contribution in [0.4, 0.5) is 5.69 Å². The number of nitrogens with two attached hydrogens (primary N) is 1. The van der Waals surface area contributed by atoms with Crippen molar-refractivity contribution in [1.29, 1.82) is 0 Å². The number of ether oxygens (including phenoxy) is 1. The van der Waals surface area contributed by atoms with E-state index >= 15 is 0 Å². The van der Waals surface area contributed by atoms with Gasteiger partial charge in [0.1, 0.15) is 0 Å². The topological polar surface area (TPSA) is 93.4 Å². The molecule has 0 saturated heterocycles. The van der Waals surface area contributed by atoms with Crippen LogP contribution >= 0.6 is 12.4 Å². The van der Waals surface area contributed by atoms with E-state index in [-0.39, 0.29) is 42.7 Å². The Hall–Kier alpha value is -1.63. The van der Waals surface area contributed by atoms with Gasteiger partial charge in [-0.3, -0.25) is 9.59 Å². The number of carbonyl (C=O) groups excluding carboxylic acids is 2. The van der Waals surface area contributed by atoms with Crippen molar-refractivity contribution >= 4 is 29.9 Å². The molecule has 0 spiro atoms. The molecule has 0 bridgehead atoms. The fourth-order valence-corrected chi connectivity index (χ4v) is 2.93. The van der Waals surface area contributed by atoms with Crippen LogP contribution in [0.2, 0.25) is 0 Å². The van der Waals surface area contributed by atoms with Crippen molar-refractivity contribution in [3.8, 4) is 0 Å². The first kappa shape index (κ1) is 21.4. The van der Waals surface area contributed by atoms with Gasteiger partial charge in [0.2, 0.25) is 11.8 Å². The maximum Gasteiger partial charge on any atom is 0.227 e. The molecule has 0 radical (unpaired) electrons. The molecule has 1 saturated carbocycles. The number of methoxy groups -OCH3 is 1. The Kier molecular flexibility index (Phi) is 9.49. The molecule has 1 aromatic carbocycles. The lowest BCUT2D eigenvalue weighted by atomic mass is 10.1. The van der Waals surface area contributed by atoms with Gasteiger partial charge in [-0.05, 0) is 30.5 Å². The van der Waals surface area contributed by atoms with Crippen molar-refractivity contribution in [2.24, 2.45) is 11.7 Å². The molecule has 1 aliphatic rings. The van der Waals surface area contributed by atoms with Crippen molar-refractivity contribution < 1.29 is 14.3 Å². The fraction of sp³-hybridized carbons (Fsp3) is 0.556. The number of hydrogen-bond donors (Lipinski definition) is 3. The lowest BCUT2D eigenvalue weighted by Crippen LogP contribution is -2.31. The second-order valence-corrected chi connectivity index (χ2v) is 6.25. The number of nitrogens with one attached hydrogen (secondary N) is 2. The van der Waals surface area contributed by atoms with Crippen LogP contribution in [0.15, 0.2) is 24.3 Å². The van der Waals surface area contributed by atoms with Gasteiger partial charge in [-0.1, -0.05) is 25.0 Å². The van der Waals surface area contributed by atoms with Crippen LogP contribution in [0, 0.1) is 5.92 Å². The highest BCUT2D eigenvalue weighted by Crippen LogP contribution is 2.26. The Morgan fingerprint density at radius 3 is 2.68 bits per heavy atom. The molecule has 25 heavy (non-hydrogen) atoms. The summed E-state index contributed by atoms with van der Waals surface area (Å²) in [5, 5.41) is 5.82. The van der Waals surface area contributed by atoms with E-state index in [1.165, 1.54) is 0 Å². The van der Waals surface area contributed by atoms with Gasteiger partial charge in [0.25, 0.3) is 0 Å². The summed E-state index contributed by atoms with van der Waals surface area (Å²) >= 11 is 0. The predicted molar refractivity (Wildman–Crippen MR) is 101 cm³/mol. The van der Waals surface area contributed by atoms with E-state index in [0.29, 0.717) is 13.1 Å².